The molecule has 19 heavy (non-hydrogen) atoms. The van der Waals surface area contributed by atoms with E-state index < -0.39 is 0 Å². The molecule has 0 saturated heterocycles. The summed E-state index contributed by atoms with van der Waals surface area (Å²) >= 11 is 0. The lowest BCUT2D eigenvalue weighted by Crippen LogP contribution is -2.39. The predicted molar refractivity (Wildman–Crippen MR) is 69.9 cm³/mol. The zero-order chi connectivity index (χ0) is 13.1. The number of benzene rings is 1. The first-order valence-corrected chi connectivity index (χ1v) is 6.47. The third-order valence-corrected chi connectivity index (χ3v) is 3.68. The van der Waals surface area contributed by atoms with Crippen molar-refractivity contribution < 1.29 is 9.26 Å². The van der Waals surface area contributed by atoms with Crippen LogP contribution in [0.5, 0.6) is 5.75 Å². The van der Waals surface area contributed by atoms with Gasteiger partial charge in [0.15, 0.2) is 5.82 Å². The summed E-state index contributed by atoms with van der Waals surface area (Å²) in [5, 5.41) is 7.21. The first-order valence-electron chi connectivity index (χ1n) is 6.47. The van der Waals surface area contributed by atoms with E-state index in [1.165, 1.54) is 12.0 Å². The highest BCUT2D eigenvalue weighted by Crippen LogP contribution is 2.37. The Bertz CT molecular complexity index is 504. The van der Waals surface area contributed by atoms with E-state index in [2.05, 4.69) is 27.6 Å². The van der Waals surface area contributed by atoms with Crippen LogP contribution in [0.4, 0.5) is 0 Å². The third-order valence-electron chi connectivity index (χ3n) is 3.68. The molecule has 1 aromatic carbocycles. The van der Waals surface area contributed by atoms with Crippen LogP contribution in [0.1, 0.15) is 30.1 Å². The number of aromatic nitrogens is 2. The van der Waals surface area contributed by atoms with Gasteiger partial charge in [-0.2, -0.15) is 4.98 Å². The van der Waals surface area contributed by atoms with Crippen molar-refractivity contribution in [2.45, 2.75) is 31.3 Å². The number of methoxy groups -OCH3 is 1. The van der Waals surface area contributed by atoms with Gasteiger partial charge in [-0.3, -0.25) is 0 Å². The fourth-order valence-electron chi connectivity index (χ4n) is 2.44. The van der Waals surface area contributed by atoms with Crippen molar-refractivity contribution in [3.63, 3.8) is 0 Å². The van der Waals surface area contributed by atoms with Gasteiger partial charge < -0.3 is 14.6 Å². The van der Waals surface area contributed by atoms with Crippen LogP contribution in [0.15, 0.2) is 35.2 Å². The topological polar surface area (TPSA) is 60.2 Å². The van der Waals surface area contributed by atoms with Crippen molar-refractivity contribution in [2.24, 2.45) is 0 Å². The molecule has 5 heteroatoms. The number of hydrogen-bond donors (Lipinski definition) is 1. The van der Waals surface area contributed by atoms with Crippen molar-refractivity contribution in [1.29, 1.82) is 0 Å². The van der Waals surface area contributed by atoms with Crippen LogP contribution in [0.3, 0.4) is 0 Å². The van der Waals surface area contributed by atoms with Crippen molar-refractivity contribution in [2.75, 3.05) is 7.11 Å². The molecule has 1 heterocycles. The van der Waals surface area contributed by atoms with Gasteiger partial charge in [0, 0.05) is 6.04 Å². The standard InChI is InChI=1S/C14H17N3O2/c1-18-13-4-2-10(3-5-13)11-6-12(7-11)15-8-14-16-9-19-17-14/h2-5,9,11-12,15H,6-8H2,1H3. The van der Waals surface area contributed by atoms with Crippen LogP contribution in [0.25, 0.3) is 0 Å². The molecule has 0 amide bonds. The summed E-state index contributed by atoms with van der Waals surface area (Å²) in [6.45, 7) is 0.677. The fourth-order valence-corrected chi connectivity index (χ4v) is 2.44. The summed E-state index contributed by atoms with van der Waals surface area (Å²) in [7, 11) is 1.69. The molecular weight excluding hydrogens is 242 g/mol. The normalized spacial score (nSPS) is 21.9. The van der Waals surface area contributed by atoms with Gasteiger partial charge in [0.25, 0.3) is 0 Å². The molecule has 3 rings (SSSR count). The second kappa shape index (κ2) is 5.40. The fraction of sp³-hybridized carbons (Fsp3) is 0.429. The monoisotopic (exact) mass is 259 g/mol. The number of hydrogen-bond acceptors (Lipinski definition) is 5. The predicted octanol–water partition coefficient (Wildman–Crippen LogP) is 2.11. The summed E-state index contributed by atoms with van der Waals surface area (Å²) in [5.74, 6) is 2.27. The molecule has 2 aromatic rings. The largest absolute Gasteiger partial charge is 0.497 e. The van der Waals surface area contributed by atoms with Gasteiger partial charge in [0.2, 0.25) is 6.39 Å². The molecule has 0 spiro atoms. The van der Waals surface area contributed by atoms with E-state index in [4.69, 9.17) is 9.26 Å². The first-order chi connectivity index (χ1) is 9.35. The maximum Gasteiger partial charge on any atom is 0.213 e. The van der Waals surface area contributed by atoms with Crippen molar-refractivity contribution in [3.05, 3.63) is 42.0 Å². The molecule has 1 aliphatic carbocycles. The van der Waals surface area contributed by atoms with Crippen molar-refractivity contribution in [3.8, 4) is 5.75 Å². The molecule has 0 unspecified atom stereocenters. The smallest absolute Gasteiger partial charge is 0.213 e. The Morgan fingerprint density at radius 2 is 2.11 bits per heavy atom. The minimum Gasteiger partial charge on any atom is -0.497 e. The van der Waals surface area contributed by atoms with Gasteiger partial charge in [-0.05, 0) is 36.5 Å². The summed E-state index contributed by atoms with van der Waals surface area (Å²) in [4.78, 5) is 3.99. The molecule has 1 aliphatic rings. The van der Waals surface area contributed by atoms with Gasteiger partial charge in [-0.15, -0.1) is 0 Å². The average molecular weight is 259 g/mol. The lowest BCUT2D eigenvalue weighted by molar-refractivity contribution is 0.285. The Morgan fingerprint density at radius 3 is 2.74 bits per heavy atom. The molecule has 1 saturated carbocycles. The minimum absolute atomic E-state index is 0.547. The summed E-state index contributed by atoms with van der Waals surface area (Å²) < 4.78 is 9.86. The maximum absolute atomic E-state index is 5.17. The molecule has 0 aliphatic heterocycles. The molecule has 0 atom stereocenters. The Balaban J connectivity index is 1.46. The second-order valence-electron chi connectivity index (χ2n) is 4.87. The molecule has 1 N–H and O–H groups in total. The number of rotatable bonds is 5. The van der Waals surface area contributed by atoms with Crippen LogP contribution in [-0.4, -0.2) is 23.3 Å². The zero-order valence-electron chi connectivity index (χ0n) is 10.9. The van der Waals surface area contributed by atoms with E-state index in [0.29, 0.717) is 24.3 Å². The second-order valence-corrected chi connectivity index (χ2v) is 4.87. The summed E-state index contributed by atoms with van der Waals surface area (Å²) in [5.41, 5.74) is 1.39. The Hall–Kier alpha value is -1.88. The van der Waals surface area contributed by atoms with E-state index in [-0.39, 0.29) is 0 Å². The van der Waals surface area contributed by atoms with Crippen LogP contribution in [-0.2, 0) is 6.54 Å². The Labute approximate surface area is 112 Å². The van der Waals surface area contributed by atoms with Gasteiger partial charge in [-0.1, -0.05) is 17.3 Å². The molecule has 1 aromatic heterocycles. The third kappa shape index (κ3) is 2.76. The van der Waals surface area contributed by atoms with E-state index in [9.17, 15) is 0 Å². The molecule has 5 nitrogen and oxygen atoms in total. The van der Waals surface area contributed by atoms with Crippen molar-refractivity contribution in [1.82, 2.24) is 15.5 Å². The molecular formula is C14H17N3O2. The van der Waals surface area contributed by atoms with Gasteiger partial charge in [0.1, 0.15) is 5.75 Å². The lowest BCUT2D eigenvalue weighted by Gasteiger charge is -2.36. The quantitative estimate of drug-likeness (QED) is 0.891. The summed E-state index contributed by atoms with van der Waals surface area (Å²) in [6, 6.07) is 8.90. The molecule has 1 fully saturated rings. The minimum atomic E-state index is 0.547. The van der Waals surface area contributed by atoms with Crippen LogP contribution >= 0.6 is 0 Å². The lowest BCUT2D eigenvalue weighted by atomic mass is 9.76. The SMILES string of the molecule is COc1ccc(C2CC(NCc3ncon3)C2)cc1. The Kier molecular flexibility index (Phi) is 3.46. The highest BCUT2D eigenvalue weighted by Gasteiger charge is 2.29. The summed E-state index contributed by atoms with van der Waals surface area (Å²) in [6.07, 6.45) is 3.67. The van der Waals surface area contributed by atoms with Crippen LogP contribution < -0.4 is 10.1 Å². The maximum atomic E-state index is 5.17. The van der Waals surface area contributed by atoms with E-state index >= 15 is 0 Å². The van der Waals surface area contributed by atoms with Gasteiger partial charge in [0.05, 0.1) is 13.7 Å². The van der Waals surface area contributed by atoms with E-state index in [1.807, 2.05) is 12.1 Å². The number of ether oxygens (including phenoxy) is 1. The van der Waals surface area contributed by atoms with Crippen LogP contribution in [0, 0.1) is 0 Å². The zero-order valence-corrected chi connectivity index (χ0v) is 10.9. The number of nitrogens with zero attached hydrogens (tertiary/aromatic N) is 2. The highest BCUT2D eigenvalue weighted by molar-refractivity contribution is 5.30. The highest BCUT2D eigenvalue weighted by atomic mass is 16.5. The average Bonchev–Trinajstić information content (AvgIpc) is 2.91. The van der Waals surface area contributed by atoms with Crippen molar-refractivity contribution >= 4 is 0 Å². The molecule has 0 radical (unpaired) electrons. The molecule has 0 bridgehead atoms. The first kappa shape index (κ1) is 12.2. The molecule has 100 valence electrons. The van der Waals surface area contributed by atoms with E-state index in [1.54, 1.807) is 7.11 Å². The van der Waals surface area contributed by atoms with Gasteiger partial charge in [-0.25, -0.2) is 0 Å². The van der Waals surface area contributed by atoms with E-state index in [0.717, 1.165) is 18.6 Å². The Morgan fingerprint density at radius 1 is 1.32 bits per heavy atom. The van der Waals surface area contributed by atoms with Crippen LogP contribution in [0.2, 0.25) is 0 Å². The van der Waals surface area contributed by atoms with Gasteiger partial charge >= 0.3 is 0 Å². The number of nitrogens with one attached hydrogen (secondary N) is 1.